The lowest BCUT2D eigenvalue weighted by molar-refractivity contribution is -0.498. The van der Waals surface area contributed by atoms with Crippen molar-refractivity contribution in [1.82, 2.24) is 4.90 Å². The van der Waals surface area contributed by atoms with E-state index in [2.05, 4.69) is 14.0 Å². The molecule has 0 bridgehead atoms. The molecule has 1 heterocycles. The Morgan fingerprint density at radius 1 is 1.80 bits per heavy atom. The van der Waals surface area contributed by atoms with Gasteiger partial charge in [-0.05, 0) is 19.8 Å². The molecule has 0 aliphatic carbocycles. The Morgan fingerprint density at radius 3 is 2.90 bits per heavy atom. The van der Waals surface area contributed by atoms with Gasteiger partial charge >= 0.3 is 6.03 Å². The fourth-order valence-corrected chi connectivity index (χ4v) is 1.38. The second-order valence-corrected chi connectivity index (χ2v) is 2.73. The Hall–Kier alpha value is -0.570. The third-order valence-corrected chi connectivity index (χ3v) is 2.01. The number of quaternary nitrogens is 1. The summed E-state index contributed by atoms with van der Waals surface area (Å²) in [6.07, 6.45) is 2.28. The maximum atomic E-state index is 11.0. The van der Waals surface area contributed by atoms with E-state index in [0.717, 1.165) is 19.4 Å². The van der Waals surface area contributed by atoms with Gasteiger partial charge in [-0.15, -0.1) is 7.05 Å². The van der Waals surface area contributed by atoms with Gasteiger partial charge in [-0.25, -0.2) is 4.79 Å². The van der Waals surface area contributed by atoms with Crippen molar-refractivity contribution in [2.45, 2.75) is 25.8 Å². The SMILES string of the molecule is [CH2-][NH2+]C(=O)N1CCCC1C. The Balaban J connectivity index is 2.46. The number of urea groups is 1. The number of carbonyl (C=O) groups excluding carboxylic acids is 1. The first-order chi connectivity index (χ1) is 4.75. The van der Waals surface area contributed by atoms with Crippen LogP contribution in [0.4, 0.5) is 4.79 Å². The van der Waals surface area contributed by atoms with E-state index in [1.165, 1.54) is 5.32 Å². The summed E-state index contributed by atoms with van der Waals surface area (Å²) >= 11 is 0. The molecule has 0 aromatic heterocycles. The highest BCUT2D eigenvalue weighted by Crippen LogP contribution is 2.14. The van der Waals surface area contributed by atoms with Crippen molar-refractivity contribution in [3.05, 3.63) is 7.05 Å². The van der Waals surface area contributed by atoms with Crippen molar-refractivity contribution in [1.29, 1.82) is 0 Å². The van der Waals surface area contributed by atoms with E-state index < -0.39 is 0 Å². The summed E-state index contributed by atoms with van der Waals surface area (Å²) < 4.78 is 0. The highest BCUT2D eigenvalue weighted by atomic mass is 16.2. The van der Waals surface area contributed by atoms with Gasteiger partial charge in [-0.1, -0.05) is 0 Å². The van der Waals surface area contributed by atoms with E-state index in [-0.39, 0.29) is 6.03 Å². The van der Waals surface area contributed by atoms with Gasteiger partial charge < -0.3 is 5.32 Å². The van der Waals surface area contributed by atoms with Gasteiger partial charge in [-0.3, -0.25) is 4.90 Å². The van der Waals surface area contributed by atoms with Crippen LogP contribution in [-0.2, 0) is 0 Å². The lowest BCUT2D eigenvalue weighted by Crippen LogP contribution is -2.85. The first-order valence-corrected chi connectivity index (χ1v) is 3.68. The summed E-state index contributed by atoms with van der Waals surface area (Å²) in [4.78, 5) is 12.9. The third-order valence-electron chi connectivity index (χ3n) is 2.01. The minimum Gasteiger partial charge on any atom is -0.395 e. The molecule has 0 spiro atoms. The average molecular weight is 142 g/mol. The number of hydrogen-bond donors (Lipinski definition) is 1. The van der Waals surface area contributed by atoms with E-state index in [1.54, 1.807) is 0 Å². The summed E-state index contributed by atoms with van der Waals surface area (Å²) in [7, 11) is 3.45. The van der Waals surface area contributed by atoms with Crippen LogP contribution in [0, 0.1) is 7.05 Å². The van der Waals surface area contributed by atoms with Gasteiger partial charge in [-0.2, -0.15) is 0 Å². The summed E-state index contributed by atoms with van der Waals surface area (Å²) in [5.74, 6) is 0. The largest absolute Gasteiger partial charge is 0.395 e. The van der Waals surface area contributed by atoms with E-state index in [1.807, 2.05) is 4.90 Å². The summed E-state index contributed by atoms with van der Waals surface area (Å²) in [5.41, 5.74) is 0. The molecule has 0 aromatic rings. The van der Waals surface area contributed by atoms with Crippen LogP contribution in [0.15, 0.2) is 0 Å². The standard InChI is InChI=1S/C7H14N2O/c1-6-4-3-5-9(6)7(10)8-2/h6H,2-5,8H2,1H3. The molecular weight excluding hydrogens is 128 g/mol. The molecule has 1 fully saturated rings. The highest BCUT2D eigenvalue weighted by molar-refractivity contribution is 5.64. The van der Waals surface area contributed by atoms with Gasteiger partial charge in [0.05, 0.1) is 0 Å². The van der Waals surface area contributed by atoms with E-state index in [9.17, 15) is 4.79 Å². The van der Waals surface area contributed by atoms with Crippen LogP contribution in [0.2, 0.25) is 0 Å². The van der Waals surface area contributed by atoms with Crippen molar-refractivity contribution >= 4 is 6.03 Å². The second kappa shape index (κ2) is 3.01. The van der Waals surface area contributed by atoms with Gasteiger partial charge in [0.2, 0.25) is 0 Å². The first kappa shape index (κ1) is 7.54. The van der Waals surface area contributed by atoms with Crippen LogP contribution >= 0.6 is 0 Å². The molecule has 2 N–H and O–H groups in total. The number of rotatable bonds is 0. The van der Waals surface area contributed by atoms with Crippen molar-refractivity contribution < 1.29 is 10.1 Å². The van der Waals surface area contributed by atoms with Crippen LogP contribution in [0.1, 0.15) is 19.8 Å². The van der Waals surface area contributed by atoms with Gasteiger partial charge in [0.25, 0.3) is 0 Å². The average Bonchev–Trinajstić information content (AvgIpc) is 2.34. The molecule has 58 valence electrons. The third kappa shape index (κ3) is 1.29. The molecule has 2 amide bonds. The van der Waals surface area contributed by atoms with E-state index >= 15 is 0 Å². The van der Waals surface area contributed by atoms with Crippen molar-refractivity contribution in [2.24, 2.45) is 0 Å². The molecule has 0 saturated carbocycles. The molecule has 1 aliphatic rings. The second-order valence-electron chi connectivity index (χ2n) is 2.73. The zero-order chi connectivity index (χ0) is 7.56. The number of primary amides is 1. The zero-order valence-electron chi connectivity index (χ0n) is 6.34. The Labute approximate surface area is 61.4 Å². The normalized spacial score (nSPS) is 25.4. The lowest BCUT2D eigenvalue weighted by Gasteiger charge is -2.18. The Kier molecular flexibility index (Phi) is 2.27. The van der Waals surface area contributed by atoms with Gasteiger partial charge in [0, 0.05) is 12.6 Å². The molecular formula is C7H14N2O. The van der Waals surface area contributed by atoms with E-state index in [4.69, 9.17) is 0 Å². The topological polar surface area (TPSA) is 36.9 Å². The molecule has 1 rings (SSSR count). The summed E-state index contributed by atoms with van der Waals surface area (Å²) in [6, 6.07) is 0.496. The number of nitrogens with two attached hydrogens (primary N) is 1. The number of amides is 2. The van der Waals surface area contributed by atoms with Crippen LogP contribution in [0.3, 0.4) is 0 Å². The molecule has 3 heteroatoms. The van der Waals surface area contributed by atoms with Gasteiger partial charge in [0.1, 0.15) is 0 Å². The predicted octanol–water partition coefficient (Wildman–Crippen LogP) is -0.0543. The molecule has 3 nitrogen and oxygen atoms in total. The number of nitrogens with zero attached hydrogens (tertiary/aromatic N) is 1. The maximum Gasteiger partial charge on any atom is 0.389 e. The fraction of sp³-hybridized carbons (Fsp3) is 0.714. The number of hydrogen-bond acceptors (Lipinski definition) is 1. The quantitative estimate of drug-likeness (QED) is 0.473. The number of carbonyl (C=O) groups is 1. The summed E-state index contributed by atoms with van der Waals surface area (Å²) in [5, 5.41) is 1.39. The first-order valence-electron chi connectivity index (χ1n) is 3.68. The summed E-state index contributed by atoms with van der Waals surface area (Å²) in [6.45, 7) is 2.99. The van der Waals surface area contributed by atoms with Crippen LogP contribution in [-0.4, -0.2) is 23.5 Å². The molecule has 1 atom stereocenters. The van der Waals surface area contributed by atoms with Crippen LogP contribution in [0.5, 0.6) is 0 Å². The van der Waals surface area contributed by atoms with Crippen molar-refractivity contribution in [2.75, 3.05) is 6.54 Å². The van der Waals surface area contributed by atoms with Gasteiger partial charge in [0.15, 0.2) is 0 Å². The van der Waals surface area contributed by atoms with Crippen LogP contribution < -0.4 is 5.32 Å². The number of likely N-dealkylation sites (tertiary alicyclic amines) is 1. The smallest absolute Gasteiger partial charge is 0.389 e. The molecule has 1 saturated heterocycles. The Morgan fingerprint density at radius 2 is 2.50 bits per heavy atom. The molecule has 1 aliphatic heterocycles. The molecule has 1 unspecified atom stereocenters. The lowest BCUT2D eigenvalue weighted by atomic mass is 10.2. The zero-order valence-corrected chi connectivity index (χ0v) is 6.34. The minimum absolute atomic E-state index is 0.0741. The van der Waals surface area contributed by atoms with Crippen LogP contribution in [0.25, 0.3) is 0 Å². The predicted molar refractivity (Wildman–Crippen MR) is 38.1 cm³/mol. The molecule has 10 heavy (non-hydrogen) atoms. The van der Waals surface area contributed by atoms with Crippen molar-refractivity contribution in [3.8, 4) is 0 Å². The maximum absolute atomic E-state index is 11.0. The molecule has 0 aromatic carbocycles. The molecule has 0 radical (unpaired) electrons. The minimum atomic E-state index is 0.0741. The monoisotopic (exact) mass is 142 g/mol. The van der Waals surface area contributed by atoms with Crippen molar-refractivity contribution in [3.63, 3.8) is 0 Å². The Bertz CT molecular complexity index is 136. The fourth-order valence-electron chi connectivity index (χ4n) is 1.38. The van der Waals surface area contributed by atoms with E-state index in [0.29, 0.717) is 6.04 Å². The highest BCUT2D eigenvalue weighted by Gasteiger charge is 2.25.